The molecule has 0 bridgehead atoms. The molecule has 0 aliphatic heterocycles. The lowest BCUT2D eigenvalue weighted by Gasteiger charge is -2.06. The Morgan fingerprint density at radius 2 is 2.12 bits per heavy atom. The van der Waals surface area contributed by atoms with Gasteiger partial charge in [-0.25, -0.2) is 9.98 Å². The molecule has 2 rings (SSSR count). The van der Waals surface area contributed by atoms with E-state index in [1.165, 1.54) is 18.4 Å². The van der Waals surface area contributed by atoms with Crippen molar-refractivity contribution in [3.05, 3.63) is 47.0 Å². The fourth-order valence-electron chi connectivity index (χ4n) is 1.94. The molecule has 0 saturated carbocycles. The summed E-state index contributed by atoms with van der Waals surface area (Å²) in [6.45, 7) is 0.501. The van der Waals surface area contributed by atoms with Crippen LogP contribution in [0, 0.1) is 0 Å². The summed E-state index contributed by atoms with van der Waals surface area (Å²) in [6, 6.07) is 9.95. The Kier molecular flexibility index (Phi) is 7.09. The largest absolute Gasteiger partial charge is 0.398 e. The van der Waals surface area contributed by atoms with Crippen molar-refractivity contribution in [1.82, 2.24) is 15.2 Å². The first-order valence-corrected chi connectivity index (χ1v) is 8.58. The molecule has 0 aliphatic carbocycles. The Morgan fingerprint density at radius 1 is 1.36 bits per heavy atom. The van der Waals surface area contributed by atoms with E-state index in [4.69, 9.17) is 4.84 Å². The van der Waals surface area contributed by atoms with Crippen LogP contribution in [0.15, 0.2) is 45.9 Å². The fourth-order valence-corrected chi connectivity index (χ4v) is 2.58. The van der Waals surface area contributed by atoms with Crippen LogP contribution < -0.4 is 5.32 Å². The Labute approximate surface area is 151 Å². The molecule has 7 nitrogen and oxygen atoms in total. The maximum atomic E-state index is 12.4. The van der Waals surface area contributed by atoms with Crippen molar-refractivity contribution in [1.29, 1.82) is 0 Å². The van der Waals surface area contributed by atoms with Crippen molar-refractivity contribution in [2.24, 2.45) is 10.1 Å². The molecule has 0 saturated heterocycles. The highest BCUT2D eigenvalue weighted by Gasteiger charge is 2.18. The molecule has 0 spiro atoms. The lowest BCUT2D eigenvalue weighted by molar-refractivity contribution is -0.114. The summed E-state index contributed by atoms with van der Waals surface area (Å²) in [5.41, 5.74) is 1.73. The molecule has 132 valence electrons. The second kappa shape index (κ2) is 9.53. The van der Waals surface area contributed by atoms with E-state index in [-0.39, 0.29) is 11.6 Å². The van der Waals surface area contributed by atoms with Gasteiger partial charge < -0.3 is 15.1 Å². The SMILES string of the molecule is CO/N=C(\C(=O)NCCc1ccccc1)c1csc(N=CN(C)C)n1. The van der Waals surface area contributed by atoms with Gasteiger partial charge in [0, 0.05) is 26.0 Å². The van der Waals surface area contributed by atoms with Gasteiger partial charge in [0.15, 0.2) is 5.71 Å². The van der Waals surface area contributed by atoms with Gasteiger partial charge in [-0.3, -0.25) is 4.79 Å². The Morgan fingerprint density at radius 3 is 2.80 bits per heavy atom. The van der Waals surface area contributed by atoms with Gasteiger partial charge in [0.25, 0.3) is 5.91 Å². The molecule has 25 heavy (non-hydrogen) atoms. The highest BCUT2D eigenvalue weighted by atomic mass is 32.1. The average molecular weight is 359 g/mol. The van der Waals surface area contributed by atoms with Crippen LogP contribution in [0.4, 0.5) is 5.13 Å². The second-order valence-corrected chi connectivity index (χ2v) is 6.17. The first-order valence-electron chi connectivity index (χ1n) is 7.70. The summed E-state index contributed by atoms with van der Waals surface area (Å²) in [5, 5.41) is 8.94. The van der Waals surface area contributed by atoms with Crippen molar-refractivity contribution in [2.75, 3.05) is 27.7 Å². The topological polar surface area (TPSA) is 79.2 Å². The first-order chi connectivity index (χ1) is 12.1. The zero-order chi connectivity index (χ0) is 18.1. The quantitative estimate of drug-likeness (QED) is 0.445. The zero-order valence-electron chi connectivity index (χ0n) is 14.5. The average Bonchev–Trinajstić information content (AvgIpc) is 3.07. The van der Waals surface area contributed by atoms with Crippen LogP contribution in [0.25, 0.3) is 0 Å². The number of carbonyl (C=O) groups is 1. The van der Waals surface area contributed by atoms with Crippen LogP contribution in [-0.2, 0) is 16.1 Å². The molecule has 2 aromatic rings. The van der Waals surface area contributed by atoms with Crippen LogP contribution in [0.3, 0.4) is 0 Å². The third kappa shape index (κ3) is 6.00. The minimum Gasteiger partial charge on any atom is -0.398 e. The van der Waals surface area contributed by atoms with Gasteiger partial charge in [-0.05, 0) is 12.0 Å². The molecule has 0 fully saturated rings. The zero-order valence-corrected chi connectivity index (χ0v) is 15.3. The molecule has 0 atom stereocenters. The molecule has 0 unspecified atom stereocenters. The number of aromatic nitrogens is 1. The van der Waals surface area contributed by atoms with E-state index in [9.17, 15) is 4.79 Å². The standard InChI is InChI=1S/C17H21N5O2S/c1-22(2)12-19-17-20-14(11-25-17)15(21-24-3)16(23)18-10-9-13-7-5-4-6-8-13/h4-8,11-12H,9-10H2,1-3H3,(H,18,23)/b19-12?,21-15-. The number of oxime groups is 1. The molecule has 1 aromatic heterocycles. The Bertz CT molecular complexity index is 741. The minimum absolute atomic E-state index is 0.137. The smallest absolute Gasteiger partial charge is 0.275 e. The predicted molar refractivity (Wildman–Crippen MR) is 101 cm³/mol. The molecule has 8 heteroatoms. The summed E-state index contributed by atoms with van der Waals surface area (Å²) >= 11 is 1.33. The molecule has 0 aliphatic rings. The van der Waals surface area contributed by atoms with Gasteiger partial charge in [0.2, 0.25) is 5.13 Å². The van der Waals surface area contributed by atoms with Crippen LogP contribution in [0.2, 0.25) is 0 Å². The van der Waals surface area contributed by atoms with E-state index >= 15 is 0 Å². The highest BCUT2D eigenvalue weighted by molar-refractivity contribution is 7.13. The lowest BCUT2D eigenvalue weighted by Crippen LogP contribution is -2.33. The van der Waals surface area contributed by atoms with Crippen LogP contribution in [0.5, 0.6) is 0 Å². The van der Waals surface area contributed by atoms with Crippen molar-refractivity contribution >= 4 is 34.4 Å². The molecule has 1 N–H and O–H groups in total. The van der Waals surface area contributed by atoms with E-state index in [0.29, 0.717) is 17.4 Å². The molecule has 1 amide bonds. The number of thiazole rings is 1. The summed E-state index contributed by atoms with van der Waals surface area (Å²) in [7, 11) is 5.14. The highest BCUT2D eigenvalue weighted by Crippen LogP contribution is 2.19. The van der Waals surface area contributed by atoms with Gasteiger partial charge in [0.05, 0.1) is 6.34 Å². The maximum Gasteiger partial charge on any atom is 0.275 e. The number of hydrogen-bond acceptors (Lipinski definition) is 6. The normalized spacial score (nSPS) is 11.6. The van der Waals surface area contributed by atoms with E-state index in [1.807, 2.05) is 49.3 Å². The number of amides is 1. The number of aliphatic imine (C=N–C) groups is 1. The monoisotopic (exact) mass is 359 g/mol. The number of nitrogens with one attached hydrogen (secondary N) is 1. The summed E-state index contributed by atoms with van der Waals surface area (Å²) in [5.74, 6) is -0.328. The second-order valence-electron chi connectivity index (χ2n) is 5.34. The third-order valence-electron chi connectivity index (χ3n) is 3.07. The van der Waals surface area contributed by atoms with E-state index in [0.717, 1.165) is 12.0 Å². The van der Waals surface area contributed by atoms with Crippen molar-refractivity contribution in [3.63, 3.8) is 0 Å². The summed E-state index contributed by atoms with van der Waals surface area (Å²) in [6.07, 6.45) is 2.39. The van der Waals surface area contributed by atoms with Gasteiger partial charge in [-0.15, -0.1) is 11.3 Å². The van der Waals surface area contributed by atoms with E-state index in [1.54, 1.807) is 11.7 Å². The summed E-state index contributed by atoms with van der Waals surface area (Å²) in [4.78, 5) is 27.5. The molecular formula is C17H21N5O2S. The summed E-state index contributed by atoms with van der Waals surface area (Å²) < 4.78 is 0. The van der Waals surface area contributed by atoms with Crippen LogP contribution >= 0.6 is 11.3 Å². The molecular weight excluding hydrogens is 338 g/mol. The number of benzene rings is 1. The fraction of sp³-hybridized carbons (Fsp3) is 0.294. The van der Waals surface area contributed by atoms with Gasteiger partial charge >= 0.3 is 0 Å². The number of nitrogens with zero attached hydrogens (tertiary/aromatic N) is 4. The van der Waals surface area contributed by atoms with E-state index in [2.05, 4.69) is 20.4 Å². The van der Waals surface area contributed by atoms with E-state index < -0.39 is 0 Å². The maximum absolute atomic E-state index is 12.4. The minimum atomic E-state index is -0.328. The predicted octanol–water partition coefficient (Wildman–Crippen LogP) is 2.07. The Hall–Kier alpha value is -2.74. The third-order valence-corrected chi connectivity index (χ3v) is 3.82. The number of rotatable bonds is 8. The molecule has 1 heterocycles. The first kappa shape index (κ1) is 18.6. The van der Waals surface area contributed by atoms with Crippen molar-refractivity contribution in [3.8, 4) is 0 Å². The van der Waals surface area contributed by atoms with Crippen LogP contribution in [0.1, 0.15) is 11.3 Å². The van der Waals surface area contributed by atoms with Crippen molar-refractivity contribution in [2.45, 2.75) is 6.42 Å². The van der Waals surface area contributed by atoms with Crippen LogP contribution in [-0.4, -0.2) is 55.6 Å². The van der Waals surface area contributed by atoms with Crippen molar-refractivity contribution < 1.29 is 9.63 Å². The van der Waals surface area contributed by atoms with Gasteiger partial charge in [0.1, 0.15) is 12.8 Å². The number of carbonyl (C=O) groups excluding carboxylic acids is 1. The van der Waals surface area contributed by atoms with Gasteiger partial charge in [-0.1, -0.05) is 35.5 Å². The Balaban J connectivity index is 2.00. The number of hydrogen-bond donors (Lipinski definition) is 1. The molecule has 1 aromatic carbocycles. The van der Waals surface area contributed by atoms with Gasteiger partial charge in [-0.2, -0.15) is 0 Å². The molecule has 0 radical (unpaired) electrons. The lowest BCUT2D eigenvalue weighted by atomic mass is 10.1.